The van der Waals surface area contributed by atoms with Crippen LogP contribution in [0.1, 0.15) is 55.5 Å². The Morgan fingerprint density at radius 2 is 1.96 bits per heavy atom. The molecule has 1 aliphatic heterocycles. The van der Waals surface area contributed by atoms with E-state index in [9.17, 15) is 4.79 Å². The molecule has 1 N–H and O–H groups in total. The number of anilines is 1. The summed E-state index contributed by atoms with van der Waals surface area (Å²) in [4.78, 5) is 15.0. The number of hydrogen-bond acceptors (Lipinski definition) is 3. The van der Waals surface area contributed by atoms with Crippen LogP contribution >= 0.6 is 0 Å². The Labute approximate surface area is 168 Å². The lowest BCUT2D eigenvalue weighted by atomic mass is 9.93. The van der Waals surface area contributed by atoms with Crippen LogP contribution in [-0.4, -0.2) is 24.0 Å². The van der Waals surface area contributed by atoms with E-state index in [0.29, 0.717) is 18.7 Å². The van der Waals surface area contributed by atoms with E-state index in [1.54, 1.807) is 6.08 Å². The van der Waals surface area contributed by atoms with E-state index in [2.05, 4.69) is 18.8 Å². The number of ether oxygens (including phenoxy) is 1. The average molecular weight is 379 g/mol. The van der Waals surface area contributed by atoms with Crippen LogP contribution in [-0.2, 0) is 5.66 Å². The highest BCUT2D eigenvalue weighted by molar-refractivity contribution is 6.02. The van der Waals surface area contributed by atoms with E-state index in [0.717, 1.165) is 23.4 Å². The molecule has 1 aliphatic rings. The van der Waals surface area contributed by atoms with Crippen molar-refractivity contribution < 1.29 is 9.53 Å². The quantitative estimate of drug-likeness (QED) is 0.458. The first kappa shape index (κ1) is 20.0. The van der Waals surface area contributed by atoms with E-state index in [-0.39, 0.29) is 5.91 Å². The first-order valence-electron chi connectivity index (χ1n) is 10.1. The van der Waals surface area contributed by atoms with E-state index < -0.39 is 5.66 Å². The van der Waals surface area contributed by atoms with Crippen LogP contribution in [0.4, 0.5) is 5.69 Å². The summed E-state index contributed by atoms with van der Waals surface area (Å²) in [6, 6.07) is 15.7. The summed E-state index contributed by atoms with van der Waals surface area (Å²) in [5, 5.41) is 3.57. The Hall–Kier alpha value is -2.75. The van der Waals surface area contributed by atoms with Crippen LogP contribution < -0.4 is 10.1 Å². The third kappa shape index (κ3) is 4.06. The van der Waals surface area contributed by atoms with Crippen LogP contribution in [0.15, 0.2) is 61.2 Å². The van der Waals surface area contributed by atoms with Gasteiger partial charge in [-0.05, 0) is 37.6 Å². The van der Waals surface area contributed by atoms with Crippen molar-refractivity contribution in [3.63, 3.8) is 0 Å². The van der Waals surface area contributed by atoms with Crippen molar-refractivity contribution in [2.75, 3.05) is 18.5 Å². The van der Waals surface area contributed by atoms with Gasteiger partial charge in [-0.1, -0.05) is 56.5 Å². The Kier molecular flexibility index (Phi) is 6.40. The molecule has 2 aromatic carbocycles. The Morgan fingerprint density at radius 1 is 1.14 bits per heavy atom. The van der Waals surface area contributed by atoms with Gasteiger partial charge in [-0.2, -0.15) is 0 Å². The van der Waals surface area contributed by atoms with Crippen LogP contribution in [0.3, 0.4) is 0 Å². The number of hydrogen-bond donors (Lipinski definition) is 1. The molecule has 0 aliphatic carbocycles. The molecule has 0 saturated carbocycles. The van der Waals surface area contributed by atoms with Gasteiger partial charge < -0.3 is 15.0 Å². The minimum atomic E-state index is -0.679. The first-order chi connectivity index (χ1) is 13.6. The summed E-state index contributed by atoms with van der Waals surface area (Å²) in [6.45, 7) is 9.25. The number of nitrogens with zero attached hydrogens (tertiary/aromatic N) is 1. The van der Waals surface area contributed by atoms with Crippen LogP contribution in [0.2, 0.25) is 0 Å². The summed E-state index contributed by atoms with van der Waals surface area (Å²) in [6.07, 6.45) is 6.47. The third-order valence-electron chi connectivity index (χ3n) is 5.29. The molecule has 4 heteroatoms. The van der Waals surface area contributed by atoms with Gasteiger partial charge in [0.25, 0.3) is 5.91 Å². The Bertz CT molecular complexity index is 833. The van der Waals surface area contributed by atoms with E-state index in [1.165, 1.54) is 19.3 Å². The van der Waals surface area contributed by atoms with Gasteiger partial charge in [0.2, 0.25) is 0 Å². The third-order valence-corrected chi connectivity index (χ3v) is 5.29. The number of nitrogens with one attached hydrogen (secondary N) is 1. The van der Waals surface area contributed by atoms with E-state index >= 15 is 0 Å². The number of carbonyl (C=O) groups excluding carboxylic acids is 1. The topological polar surface area (TPSA) is 41.6 Å². The smallest absolute Gasteiger partial charge is 0.258 e. The van der Waals surface area contributed by atoms with Gasteiger partial charge in [0, 0.05) is 17.8 Å². The maximum Gasteiger partial charge on any atom is 0.258 e. The van der Waals surface area contributed by atoms with Gasteiger partial charge >= 0.3 is 0 Å². The predicted molar refractivity (Wildman–Crippen MR) is 115 cm³/mol. The number of rotatable bonds is 9. The van der Waals surface area contributed by atoms with Crippen LogP contribution in [0.5, 0.6) is 5.75 Å². The molecule has 0 spiro atoms. The Morgan fingerprint density at radius 3 is 2.75 bits per heavy atom. The van der Waals surface area contributed by atoms with E-state index in [4.69, 9.17) is 4.74 Å². The van der Waals surface area contributed by atoms with Crippen molar-refractivity contribution in [2.45, 2.75) is 45.2 Å². The van der Waals surface area contributed by atoms with Crippen molar-refractivity contribution in [3.05, 3.63) is 72.3 Å². The zero-order chi connectivity index (χ0) is 20.0. The molecule has 0 fully saturated rings. The van der Waals surface area contributed by atoms with Crippen molar-refractivity contribution >= 4 is 11.6 Å². The molecule has 4 nitrogen and oxygen atoms in total. The van der Waals surface area contributed by atoms with Gasteiger partial charge in [0.15, 0.2) is 0 Å². The highest BCUT2D eigenvalue weighted by Gasteiger charge is 2.41. The van der Waals surface area contributed by atoms with Gasteiger partial charge in [-0.3, -0.25) is 4.79 Å². The molecular formula is C24H30N2O2. The second-order valence-corrected chi connectivity index (χ2v) is 7.38. The van der Waals surface area contributed by atoms with Gasteiger partial charge in [0.1, 0.15) is 11.4 Å². The largest absolute Gasteiger partial charge is 0.494 e. The Balaban J connectivity index is 1.86. The van der Waals surface area contributed by atoms with Crippen molar-refractivity contribution in [3.8, 4) is 5.75 Å². The highest BCUT2D eigenvalue weighted by atomic mass is 16.5. The molecular weight excluding hydrogens is 348 g/mol. The number of amides is 1. The standard InChI is InChI=1S/C24H30N2O2/c1-4-6-7-10-17-28-20-13-11-12-19(18-20)24(3)25-22-15-9-8-14-21(22)23(27)26(24)16-5-2/h5,8-9,11-15,18,25H,2,4,6-7,10,16-17H2,1,3H3. The summed E-state index contributed by atoms with van der Waals surface area (Å²) >= 11 is 0. The van der Waals surface area contributed by atoms with Crippen molar-refractivity contribution in [2.24, 2.45) is 0 Å². The molecule has 2 aromatic rings. The SMILES string of the molecule is C=CCN1C(=O)c2ccccc2NC1(C)c1cccc(OCCCCCC)c1. The molecule has 1 unspecified atom stereocenters. The lowest BCUT2D eigenvalue weighted by Crippen LogP contribution is -2.55. The van der Waals surface area contributed by atoms with Gasteiger partial charge in [-0.25, -0.2) is 0 Å². The maximum atomic E-state index is 13.2. The highest BCUT2D eigenvalue weighted by Crippen LogP contribution is 2.38. The molecule has 148 valence electrons. The zero-order valence-electron chi connectivity index (χ0n) is 16.9. The summed E-state index contributed by atoms with van der Waals surface area (Å²) < 4.78 is 5.97. The summed E-state index contributed by atoms with van der Waals surface area (Å²) in [7, 11) is 0. The lowest BCUT2D eigenvalue weighted by molar-refractivity contribution is 0.0572. The molecule has 0 aromatic heterocycles. The first-order valence-corrected chi connectivity index (χ1v) is 10.1. The fraction of sp³-hybridized carbons (Fsp3) is 0.375. The summed E-state index contributed by atoms with van der Waals surface area (Å²) in [5.41, 5.74) is 1.84. The van der Waals surface area contributed by atoms with Crippen molar-refractivity contribution in [1.29, 1.82) is 0 Å². The molecule has 1 atom stereocenters. The number of para-hydroxylation sites is 1. The molecule has 0 bridgehead atoms. The number of unbranched alkanes of at least 4 members (excludes halogenated alkanes) is 3. The minimum absolute atomic E-state index is 0.00244. The molecule has 28 heavy (non-hydrogen) atoms. The monoisotopic (exact) mass is 378 g/mol. The van der Waals surface area contributed by atoms with Crippen LogP contribution in [0, 0.1) is 0 Å². The number of carbonyl (C=O) groups is 1. The fourth-order valence-corrected chi connectivity index (χ4v) is 3.69. The minimum Gasteiger partial charge on any atom is -0.494 e. The fourth-order valence-electron chi connectivity index (χ4n) is 3.69. The van der Waals surface area contributed by atoms with E-state index in [1.807, 2.05) is 60.4 Å². The lowest BCUT2D eigenvalue weighted by Gasteiger charge is -2.46. The zero-order valence-corrected chi connectivity index (χ0v) is 16.9. The molecule has 0 radical (unpaired) electrons. The second-order valence-electron chi connectivity index (χ2n) is 7.38. The molecule has 0 saturated heterocycles. The average Bonchev–Trinajstić information content (AvgIpc) is 2.71. The predicted octanol–water partition coefficient (Wildman–Crippen LogP) is 5.57. The second kappa shape index (κ2) is 8.96. The maximum absolute atomic E-state index is 13.2. The van der Waals surface area contributed by atoms with Crippen molar-refractivity contribution in [1.82, 2.24) is 4.90 Å². The molecule has 3 rings (SSSR count). The van der Waals surface area contributed by atoms with Gasteiger partial charge in [-0.15, -0.1) is 6.58 Å². The molecule has 1 heterocycles. The summed E-state index contributed by atoms with van der Waals surface area (Å²) in [5.74, 6) is 0.838. The molecule has 1 amide bonds. The number of benzene rings is 2. The number of fused-ring (bicyclic) bond motifs is 1. The normalized spacial score (nSPS) is 18.4. The van der Waals surface area contributed by atoms with Gasteiger partial charge in [0.05, 0.1) is 12.2 Å². The van der Waals surface area contributed by atoms with Crippen LogP contribution in [0.25, 0.3) is 0 Å².